The molecule has 2 aromatic carbocycles. The van der Waals surface area contributed by atoms with Crippen LogP contribution in [0.2, 0.25) is 0 Å². The number of hydrogen-bond donors (Lipinski definition) is 2. The molecule has 4 rings (SSSR count). The maximum absolute atomic E-state index is 13.1. The first-order chi connectivity index (χ1) is 13.8. The van der Waals surface area contributed by atoms with Gasteiger partial charge in [0.2, 0.25) is 15.7 Å². The summed E-state index contributed by atoms with van der Waals surface area (Å²) in [6.07, 6.45) is 0.171. The number of carbonyl (C=O) groups excluding carboxylic acids is 1. The van der Waals surface area contributed by atoms with Crippen LogP contribution < -0.4 is 5.32 Å². The molecule has 1 amide bonds. The standard InChI is InChI=1S/C21H17NO5S2/c1-12-2-8-15(9-3-12)29(26,27)17-11-28-20-16(10-18(23)22-19(17)20)13-4-6-14(7-5-13)21(24)25/h2-9,11,16H,10H2,1H3,(H,22,23)(H,24,25). The van der Waals surface area contributed by atoms with Crippen LogP contribution in [-0.4, -0.2) is 25.4 Å². The molecule has 1 aromatic heterocycles. The number of fused-ring (bicyclic) bond motifs is 1. The van der Waals surface area contributed by atoms with Crippen molar-refractivity contribution in [1.29, 1.82) is 0 Å². The first-order valence-corrected chi connectivity index (χ1v) is 11.2. The Kier molecular flexibility index (Phi) is 4.76. The van der Waals surface area contributed by atoms with Crippen LogP contribution in [0.4, 0.5) is 5.69 Å². The topological polar surface area (TPSA) is 101 Å². The number of thiophene rings is 1. The monoisotopic (exact) mass is 427 g/mol. The van der Waals surface area contributed by atoms with Crippen molar-refractivity contribution in [2.75, 3.05) is 5.32 Å². The van der Waals surface area contributed by atoms with E-state index >= 15 is 0 Å². The minimum Gasteiger partial charge on any atom is -0.478 e. The predicted molar refractivity (Wildman–Crippen MR) is 109 cm³/mol. The molecule has 1 unspecified atom stereocenters. The molecule has 8 heteroatoms. The molecule has 3 aromatic rings. The minimum absolute atomic E-state index is 0.0848. The fourth-order valence-corrected chi connectivity index (χ4v) is 6.28. The van der Waals surface area contributed by atoms with Gasteiger partial charge >= 0.3 is 5.97 Å². The van der Waals surface area contributed by atoms with Crippen molar-refractivity contribution in [3.63, 3.8) is 0 Å². The molecule has 29 heavy (non-hydrogen) atoms. The van der Waals surface area contributed by atoms with Gasteiger partial charge in [0.1, 0.15) is 4.90 Å². The van der Waals surface area contributed by atoms with Gasteiger partial charge in [-0.25, -0.2) is 13.2 Å². The molecule has 0 saturated heterocycles. The van der Waals surface area contributed by atoms with E-state index in [1.807, 2.05) is 6.92 Å². The Morgan fingerprint density at radius 3 is 2.38 bits per heavy atom. The third kappa shape index (κ3) is 3.45. The van der Waals surface area contributed by atoms with E-state index in [9.17, 15) is 18.0 Å². The lowest BCUT2D eigenvalue weighted by atomic mass is 9.90. The largest absolute Gasteiger partial charge is 0.478 e. The Hall–Kier alpha value is -2.97. The average molecular weight is 428 g/mol. The van der Waals surface area contributed by atoms with Crippen LogP contribution in [0.15, 0.2) is 63.7 Å². The third-order valence-corrected chi connectivity index (χ3v) is 7.98. The summed E-state index contributed by atoms with van der Waals surface area (Å²) in [5.41, 5.74) is 2.20. The average Bonchev–Trinajstić information content (AvgIpc) is 3.12. The van der Waals surface area contributed by atoms with Gasteiger partial charge in [-0.1, -0.05) is 29.8 Å². The number of aromatic carboxylic acids is 1. The quantitative estimate of drug-likeness (QED) is 0.654. The zero-order chi connectivity index (χ0) is 20.8. The summed E-state index contributed by atoms with van der Waals surface area (Å²) in [6.45, 7) is 1.88. The number of carbonyl (C=O) groups is 2. The lowest BCUT2D eigenvalue weighted by Gasteiger charge is -2.24. The van der Waals surface area contributed by atoms with Crippen molar-refractivity contribution in [2.45, 2.75) is 29.1 Å². The van der Waals surface area contributed by atoms with Gasteiger partial charge in [0.25, 0.3) is 0 Å². The number of hydrogen-bond acceptors (Lipinski definition) is 5. The van der Waals surface area contributed by atoms with Crippen LogP contribution in [0, 0.1) is 6.92 Å². The maximum Gasteiger partial charge on any atom is 0.335 e. The van der Waals surface area contributed by atoms with Crippen LogP contribution in [-0.2, 0) is 14.6 Å². The summed E-state index contributed by atoms with van der Waals surface area (Å²) in [5, 5.41) is 13.4. The summed E-state index contributed by atoms with van der Waals surface area (Å²) in [5.74, 6) is -1.63. The summed E-state index contributed by atoms with van der Waals surface area (Å²) in [4.78, 5) is 24.4. The third-order valence-electron chi connectivity index (χ3n) is 4.94. The Labute approximate surface area is 171 Å². The Morgan fingerprint density at radius 2 is 1.76 bits per heavy atom. The van der Waals surface area contributed by atoms with Gasteiger partial charge in [0.05, 0.1) is 16.1 Å². The number of benzene rings is 2. The molecular weight excluding hydrogens is 410 g/mol. The smallest absolute Gasteiger partial charge is 0.335 e. The van der Waals surface area contributed by atoms with E-state index in [-0.39, 0.29) is 33.6 Å². The molecule has 0 fully saturated rings. The molecular formula is C21H17NO5S2. The molecule has 2 N–H and O–H groups in total. The normalized spacial score (nSPS) is 16.2. The van der Waals surface area contributed by atoms with Crippen molar-refractivity contribution < 1.29 is 23.1 Å². The molecule has 0 aliphatic carbocycles. The molecule has 1 aliphatic heterocycles. The van der Waals surface area contributed by atoms with Crippen molar-refractivity contribution >= 4 is 38.7 Å². The number of anilines is 1. The van der Waals surface area contributed by atoms with Crippen LogP contribution in [0.1, 0.15) is 38.7 Å². The second-order valence-electron chi connectivity index (χ2n) is 6.89. The Morgan fingerprint density at radius 1 is 1.10 bits per heavy atom. The SMILES string of the molecule is Cc1ccc(S(=O)(=O)c2csc3c2NC(=O)CC3c2ccc(C(=O)O)cc2)cc1. The van der Waals surface area contributed by atoms with Crippen LogP contribution in [0.25, 0.3) is 0 Å². The van der Waals surface area contributed by atoms with Gasteiger partial charge in [0, 0.05) is 22.6 Å². The molecule has 0 spiro atoms. The number of carboxylic acid groups (broad SMARTS) is 1. The second kappa shape index (κ2) is 7.13. The molecule has 0 saturated carbocycles. The number of sulfone groups is 1. The molecule has 0 bridgehead atoms. The van der Waals surface area contributed by atoms with E-state index in [0.29, 0.717) is 5.69 Å². The minimum atomic E-state index is -3.78. The lowest BCUT2D eigenvalue weighted by Crippen LogP contribution is -2.23. The Bertz CT molecular complexity index is 1210. The fraction of sp³-hybridized carbons (Fsp3) is 0.143. The van der Waals surface area contributed by atoms with Gasteiger partial charge in [0.15, 0.2) is 0 Å². The van der Waals surface area contributed by atoms with Crippen LogP contribution in [0.3, 0.4) is 0 Å². The molecule has 148 valence electrons. The van der Waals surface area contributed by atoms with Gasteiger partial charge in [-0.05, 0) is 36.8 Å². The van der Waals surface area contributed by atoms with Gasteiger partial charge in [-0.2, -0.15) is 0 Å². The number of nitrogens with one attached hydrogen (secondary N) is 1. The predicted octanol–water partition coefficient (Wildman–Crippen LogP) is 4.06. The van der Waals surface area contributed by atoms with E-state index in [4.69, 9.17) is 5.11 Å². The zero-order valence-corrected chi connectivity index (χ0v) is 17.0. The van der Waals surface area contributed by atoms with Gasteiger partial charge in [-0.15, -0.1) is 11.3 Å². The van der Waals surface area contributed by atoms with Crippen LogP contribution in [0.5, 0.6) is 0 Å². The van der Waals surface area contributed by atoms with E-state index in [1.54, 1.807) is 41.8 Å². The highest BCUT2D eigenvalue weighted by Crippen LogP contribution is 2.45. The highest BCUT2D eigenvalue weighted by molar-refractivity contribution is 7.91. The zero-order valence-electron chi connectivity index (χ0n) is 15.4. The number of amides is 1. The maximum atomic E-state index is 13.1. The first kappa shape index (κ1) is 19.4. The van der Waals surface area contributed by atoms with Crippen molar-refractivity contribution in [3.8, 4) is 0 Å². The fourth-order valence-electron chi connectivity index (χ4n) is 3.37. The summed E-state index contributed by atoms with van der Waals surface area (Å²) >= 11 is 1.28. The van der Waals surface area contributed by atoms with E-state index in [2.05, 4.69) is 5.32 Å². The second-order valence-corrected chi connectivity index (χ2v) is 9.72. The van der Waals surface area contributed by atoms with E-state index in [1.165, 1.54) is 23.5 Å². The molecule has 2 heterocycles. The number of rotatable bonds is 4. The van der Waals surface area contributed by atoms with Gasteiger partial charge in [-0.3, -0.25) is 4.79 Å². The number of carboxylic acids is 1. The van der Waals surface area contributed by atoms with Crippen LogP contribution >= 0.6 is 11.3 Å². The van der Waals surface area contributed by atoms with Crippen molar-refractivity contribution in [3.05, 3.63) is 75.5 Å². The highest BCUT2D eigenvalue weighted by atomic mass is 32.2. The van der Waals surface area contributed by atoms with Gasteiger partial charge < -0.3 is 10.4 Å². The van der Waals surface area contributed by atoms with Crippen molar-refractivity contribution in [1.82, 2.24) is 0 Å². The molecule has 1 atom stereocenters. The molecule has 0 radical (unpaired) electrons. The molecule has 6 nitrogen and oxygen atoms in total. The van der Waals surface area contributed by atoms with E-state index in [0.717, 1.165) is 16.0 Å². The summed E-state index contributed by atoms with van der Waals surface area (Å²) < 4.78 is 26.3. The lowest BCUT2D eigenvalue weighted by molar-refractivity contribution is -0.116. The summed E-state index contributed by atoms with van der Waals surface area (Å²) in [7, 11) is -3.78. The number of aryl methyl sites for hydroxylation is 1. The van der Waals surface area contributed by atoms with E-state index < -0.39 is 15.8 Å². The molecule has 1 aliphatic rings. The summed E-state index contributed by atoms with van der Waals surface area (Å²) in [6, 6.07) is 12.9. The Balaban J connectivity index is 1.78. The first-order valence-electron chi connectivity index (χ1n) is 8.83. The highest BCUT2D eigenvalue weighted by Gasteiger charge is 2.34. The van der Waals surface area contributed by atoms with Crippen molar-refractivity contribution in [2.24, 2.45) is 0 Å².